The molecule has 0 radical (unpaired) electrons. The molecule has 0 aromatic heterocycles. The average molecular weight is 257 g/mol. The Morgan fingerprint density at radius 1 is 1.21 bits per heavy atom. The molecule has 3 N–H and O–H groups in total. The number of aromatic hydroxyl groups is 1. The Balaban J connectivity index is 2.32. The van der Waals surface area contributed by atoms with Crippen LogP contribution in [0.3, 0.4) is 0 Å². The van der Waals surface area contributed by atoms with E-state index >= 15 is 0 Å². The number of ether oxygens (including phenoxy) is 1. The van der Waals surface area contributed by atoms with Gasteiger partial charge in [-0.05, 0) is 49.7 Å². The summed E-state index contributed by atoms with van der Waals surface area (Å²) in [6.45, 7) is 3.57. The fraction of sp³-hybridized carbons (Fsp3) is 0.133. The number of phenolic OH excluding ortho intramolecular Hbond substituents is 1. The molecule has 19 heavy (non-hydrogen) atoms. The van der Waals surface area contributed by atoms with Gasteiger partial charge in [-0.2, -0.15) is 0 Å². The minimum atomic E-state index is -0.461. The number of aryl methyl sites for hydroxylation is 1. The van der Waals surface area contributed by atoms with E-state index in [9.17, 15) is 9.90 Å². The van der Waals surface area contributed by atoms with Crippen molar-refractivity contribution < 1.29 is 14.6 Å². The van der Waals surface area contributed by atoms with Gasteiger partial charge in [0.05, 0.1) is 0 Å². The van der Waals surface area contributed by atoms with Crippen molar-refractivity contribution in [3.05, 3.63) is 53.1 Å². The topological polar surface area (TPSA) is 72.6 Å². The number of amides is 1. The molecule has 0 saturated heterocycles. The number of hydrogen-bond donors (Lipinski definition) is 2. The lowest BCUT2D eigenvalue weighted by atomic mass is 10.1. The monoisotopic (exact) mass is 257 g/mol. The summed E-state index contributed by atoms with van der Waals surface area (Å²) >= 11 is 0. The molecular formula is C15H15NO3. The molecule has 0 aliphatic carbocycles. The molecule has 2 rings (SSSR count). The molecule has 98 valence electrons. The highest BCUT2D eigenvalue weighted by molar-refractivity contribution is 5.94. The Morgan fingerprint density at radius 2 is 1.95 bits per heavy atom. The van der Waals surface area contributed by atoms with Gasteiger partial charge in [0, 0.05) is 11.1 Å². The first kappa shape index (κ1) is 13.0. The van der Waals surface area contributed by atoms with Gasteiger partial charge in [-0.3, -0.25) is 4.79 Å². The maximum Gasteiger partial charge on any atom is 0.248 e. The predicted octanol–water partition coefficient (Wildman–Crippen LogP) is 2.90. The molecule has 0 fully saturated rings. The Morgan fingerprint density at radius 3 is 2.58 bits per heavy atom. The molecule has 0 aliphatic rings. The van der Waals surface area contributed by atoms with Gasteiger partial charge in [-0.15, -0.1) is 0 Å². The number of rotatable bonds is 3. The van der Waals surface area contributed by atoms with E-state index < -0.39 is 5.91 Å². The Labute approximate surface area is 111 Å². The lowest BCUT2D eigenvalue weighted by Crippen LogP contribution is -2.12. The zero-order chi connectivity index (χ0) is 14.0. The van der Waals surface area contributed by atoms with Crippen molar-refractivity contribution >= 4 is 5.91 Å². The Bertz CT molecular complexity index is 635. The molecule has 4 heteroatoms. The summed E-state index contributed by atoms with van der Waals surface area (Å²) < 4.78 is 5.69. The van der Waals surface area contributed by atoms with Crippen molar-refractivity contribution in [3.8, 4) is 17.2 Å². The summed E-state index contributed by atoms with van der Waals surface area (Å²) in [5, 5.41) is 9.61. The number of primary amides is 1. The fourth-order valence-electron chi connectivity index (χ4n) is 1.82. The van der Waals surface area contributed by atoms with Crippen LogP contribution in [0.1, 0.15) is 21.5 Å². The van der Waals surface area contributed by atoms with E-state index in [4.69, 9.17) is 10.5 Å². The van der Waals surface area contributed by atoms with Gasteiger partial charge in [0.2, 0.25) is 5.91 Å². The van der Waals surface area contributed by atoms with Crippen LogP contribution < -0.4 is 10.5 Å². The Hall–Kier alpha value is -2.49. The SMILES string of the molecule is Cc1cc(Oc2cccc(O)c2C)ccc1C(N)=O. The number of hydrogen-bond acceptors (Lipinski definition) is 3. The van der Waals surface area contributed by atoms with Crippen LogP contribution in [0.4, 0.5) is 0 Å². The molecular weight excluding hydrogens is 242 g/mol. The second kappa shape index (κ2) is 5.02. The van der Waals surface area contributed by atoms with Crippen molar-refractivity contribution in [1.29, 1.82) is 0 Å². The third kappa shape index (κ3) is 2.68. The summed E-state index contributed by atoms with van der Waals surface area (Å²) in [5.41, 5.74) is 7.14. The van der Waals surface area contributed by atoms with E-state index in [0.29, 0.717) is 22.6 Å². The minimum Gasteiger partial charge on any atom is -0.508 e. The highest BCUT2D eigenvalue weighted by Gasteiger charge is 2.08. The largest absolute Gasteiger partial charge is 0.508 e. The van der Waals surface area contributed by atoms with Gasteiger partial charge in [0.1, 0.15) is 17.2 Å². The molecule has 0 atom stereocenters. The standard InChI is InChI=1S/C15H15NO3/c1-9-8-11(6-7-12(9)15(16)18)19-14-5-3-4-13(17)10(14)2/h3-8,17H,1-2H3,(H2,16,18). The molecule has 1 amide bonds. The van der Waals surface area contributed by atoms with Crippen molar-refractivity contribution in [3.63, 3.8) is 0 Å². The first-order valence-electron chi connectivity index (χ1n) is 5.86. The van der Waals surface area contributed by atoms with Crippen molar-refractivity contribution in [2.24, 2.45) is 5.73 Å². The van der Waals surface area contributed by atoms with Gasteiger partial charge in [0.25, 0.3) is 0 Å². The highest BCUT2D eigenvalue weighted by Crippen LogP contribution is 2.30. The van der Waals surface area contributed by atoms with Gasteiger partial charge < -0.3 is 15.6 Å². The molecule has 4 nitrogen and oxygen atoms in total. The van der Waals surface area contributed by atoms with E-state index in [1.165, 1.54) is 0 Å². The highest BCUT2D eigenvalue weighted by atomic mass is 16.5. The first-order valence-corrected chi connectivity index (χ1v) is 5.86. The van der Waals surface area contributed by atoms with Crippen LogP contribution in [0.5, 0.6) is 17.2 Å². The van der Waals surface area contributed by atoms with Crippen molar-refractivity contribution in [1.82, 2.24) is 0 Å². The van der Waals surface area contributed by atoms with Crippen LogP contribution >= 0.6 is 0 Å². The summed E-state index contributed by atoms with van der Waals surface area (Å²) in [7, 11) is 0. The molecule has 2 aromatic carbocycles. The molecule has 0 bridgehead atoms. The number of nitrogens with two attached hydrogens (primary N) is 1. The summed E-state index contributed by atoms with van der Waals surface area (Å²) in [4.78, 5) is 11.1. The van der Waals surface area contributed by atoms with E-state index in [0.717, 1.165) is 5.56 Å². The maximum absolute atomic E-state index is 11.1. The third-order valence-electron chi connectivity index (χ3n) is 2.95. The minimum absolute atomic E-state index is 0.183. The number of benzene rings is 2. The van der Waals surface area contributed by atoms with Gasteiger partial charge >= 0.3 is 0 Å². The van der Waals surface area contributed by atoms with Crippen LogP contribution in [-0.4, -0.2) is 11.0 Å². The van der Waals surface area contributed by atoms with Gasteiger partial charge in [0.15, 0.2) is 0 Å². The molecule has 0 saturated carbocycles. The smallest absolute Gasteiger partial charge is 0.248 e. The van der Waals surface area contributed by atoms with E-state index in [-0.39, 0.29) is 5.75 Å². The van der Waals surface area contributed by atoms with Crippen molar-refractivity contribution in [2.45, 2.75) is 13.8 Å². The van der Waals surface area contributed by atoms with Gasteiger partial charge in [-0.1, -0.05) is 6.07 Å². The average Bonchev–Trinajstić information content (AvgIpc) is 2.34. The van der Waals surface area contributed by atoms with Crippen LogP contribution in [0, 0.1) is 13.8 Å². The molecule has 2 aromatic rings. The predicted molar refractivity (Wildman–Crippen MR) is 72.6 cm³/mol. The zero-order valence-corrected chi connectivity index (χ0v) is 10.8. The number of phenols is 1. The van der Waals surface area contributed by atoms with Crippen molar-refractivity contribution in [2.75, 3.05) is 0 Å². The lowest BCUT2D eigenvalue weighted by molar-refractivity contribution is 0.0999. The molecule has 0 unspecified atom stereocenters. The lowest BCUT2D eigenvalue weighted by Gasteiger charge is -2.11. The Kier molecular flexibility index (Phi) is 3.42. The second-order valence-electron chi connectivity index (χ2n) is 4.34. The van der Waals surface area contributed by atoms with Crippen LogP contribution in [0.15, 0.2) is 36.4 Å². The second-order valence-corrected chi connectivity index (χ2v) is 4.34. The number of carbonyl (C=O) groups excluding carboxylic acids is 1. The fourth-order valence-corrected chi connectivity index (χ4v) is 1.82. The molecule has 0 heterocycles. The van der Waals surface area contributed by atoms with E-state index in [1.54, 1.807) is 50.2 Å². The van der Waals surface area contributed by atoms with E-state index in [2.05, 4.69) is 0 Å². The summed E-state index contributed by atoms with van der Waals surface area (Å²) in [5.74, 6) is 0.892. The molecule has 0 aliphatic heterocycles. The quantitative estimate of drug-likeness (QED) is 0.888. The third-order valence-corrected chi connectivity index (χ3v) is 2.95. The zero-order valence-electron chi connectivity index (χ0n) is 10.8. The number of carbonyl (C=O) groups is 1. The maximum atomic E-state index is 11.1. The first-order chi connectivity index (χ1) is 8.99. The van der Waals surface area contributed by atoms with Crippen LogP contribution in [0.2, 0.25) is 0 Å². The summed E-state index contributed by atoms with van der Waals surface area (Å²) in [6.07, 6.45) is 0. The van der Waals surface area contributed by atoms with E-state index in [1.807, 2.05) is 0 Å². The van der Waals surface area contributed by atoms with Gasteiger partial charge in [-0.25, -0.2) is 0 Å². The summed E-state index contributed by atoms with van der Waals surface area (Å²) in [6, 6.07) is 10.1. The van der Waals surface area contributed by atoms with Crippen LogP contribution in [-0.2, 0) is 0 Å². The van der Waals surface area contributed by atoms with Crippen LogP contribution in [0.25, 0.3) is 0 Å². The molecule has 0 spiro atoms. The normalized spacial score (nSPS) is 10.2.